The Morgan fingerprint density at radius 1 is 0.338 bits per heavy atom. The molecule has 0 amide bonds. The third kappa shape index (κ3) is 3.15. The molecule has 12 aromatic rings. The first-order valence-electron chi connectivity index (χ1n) is 23.1. The highest BCUT2D eigenvalue weighted by Crippen LogP contribution is 2.66. The molecule has 3 aliphatic heterocycles. The van der Waals surface area contributed by atoms with Crippen LogP contribution in [0.3, 0.4) is 0 Å². The standard InChI is InChI=1S/C62H33BN2/c1-7-23-43-34(15-1)35-16-2-8-24-44(35)61(43)48-28-13-21-39-40-22-14-29-50-58(40)65(57(39)48)59-49(61)31-32-53-56(59)63(50)51-33-42-38-19-5-11-27-47(38)62(45-25-9-3-17-36(45)37-18-4-10-26-46(37)62)55(42)54-41-20-6-12-30-52(41)64(53)60(51)54/h1-33H. The highest BCUT2D eigenvalue weighted by atomic mass is 15.1. The van der Waals surface area contributed by atoms with E-state index in [0.29, 0.717) is 0 Å². The minimum absolute atomic E-state index is 0.0161. The minimum Gasteiger partial charge on any atom is -0.310 e. The topological polar surface area (TPSA) is 9.86 Å². The molecule has 0 N–H and O–H groups in total. The van der Waals surface area contributed by atoms with Gasteiger partial charge in [-0.25, -0.2) is 0 Å². The van der Waals surface area contributed by atoms with Gasteiger partial charge in [0.2, 0.25) is 0 Å². The lowest BCUT2D eigenvalue weighted by Gasteiger charge is -2.44. The second-order valence-corrected chi connectivity index (χ2v) is 19.3. The highest BCUT2D eigenvalue weighted by molar-refractivity contribution is 7.00. The third-order valence-corrected chi connectivity index (χ3v) is 17.1. The van der Waals surface area contributed by atoms with Crippen LogP contribution in [-0.4, -0.2) is 15.8 Å². The maximum absolute atomic E-state index is 2.72. The van der Waals surface area contributed by atoms with Gasteiger partial charge >= 0.3 is 0 Å². The molecule has 0 fully saturated rings. The zero-order valence-corrected chi connectivity index (χ0v) is 35.0. The summed E-state index contributed by atoms with van der Waals surface area (Å²) < 4.78 is 5.40. The van der Waals surface area contributed by atoms with Gasteiger partial charge in [0, 0.05) is 44.0 Å². The van der Waals surface area contributed by atoms with Gasteiger partial charge in [0.15, 0.2) is 0 Å². The summed E-state index contributed by atoms with van der Waals surface area (Å²) in [5.41, 5.74) is 30.4. The summed E-state index contributed by atoms with van der Waals surface area (Å²) in [5.74, 6) is 0. The van der Waals surface area contributed by atoms with Gasteiger partial charge < -0.3 is 9.13 Å². The summed E-state index contributed by atoms with van der Waals surface area (Å²) in [5, 5.41) is 5.37. The van der Waals surface area contributed by atoms with E-state index in [2.05, 4.69) is 209 Å². The fourth-order valence-corrected chi connectivity index (χ4v) is 15.2. The Labute approximate surface area is 374 Å². The Bertz CT molecular complexity index is 4240. The molecule has 3 heteroatoms. The smallest absolute Gasteiger partial charge is 0.252 e. The maximum Gasteiger partial charge on any atom is 0.252 e. The van der Waals surface area contributed by atoms with Crippen LogP contribution in [0.25, 0.3) is 88.4 Å². The molecule has 0 saturated heterocycles. The van der Waals surface area contributed by atoms with Crippen LogP contribution in [0.15, 0.2) is 200 Å². The Hall–Kier alpha value is -8.14. The van der Waals surface area contributed by atoms with Crippen molar-refractivity contribution >= 4 is 66.7 Å². The van der Waals surface area contributed by atoms with Crippen LogP contribution in [0.1, 0.15) is 44.5 Å². The molecule has 2 nitrogen and oxygen atoms in total. The van der Waals surface area contributed by atoms with Crippen molar-refractivity contribution < 1.29 is 0 Å². The van der Waals surface area contributed by atoms with Crippen molar-refractivity contribution in [2.24, 2.45) is 0 Å². The molecule has 0 saturated carbocycles. The lowest BCUT2D eigenvalue weighted by atomic mass is 9.33. The number of aromatic nitrogens is 2. The Kier molecular flexibility index (Phi) is 5.23. The van der Waals surface area contributed by atoms with Crippen LogP contribution < -0.4 is 16.4 Å². The Morgan fingerprint density at radius 3 is 1.49 bits per heavy atom. The quantitative estimate of drug-likeness (QED) is 0.135. The van der Waals surface area contributed by atoms with E-state index in [1.54, 1.807) is 0 Å². The molecule has 0 bridgehead atoms. The van der Waals surface area contributed by atoms with Crippen molar-refractivity contribution in [1.82, 2.24) is 9.13 Å². The van der Waals surface area contributed by atoms with Gasteiger partial charge in [-0.2, -0.15) is 0 Å². The van der Waals surface area contributed by atoms with Crippen LogP contribution in [0.5, 0.6) is 0 Å². The molecule has 2 aromatic heterocycles. The summed E-state index contributed by atoms with van der Waals surface area (Å²) in [4.78, 5) is 0. The van der Waals surface area contributed by atoms with E-state index >= 15 is 0 Å². The van der Waals surface area contributed by atoms with Gasteiger partial charge in [0.05, 0.1) is 21.9 Å². The molecular formula is C62H33BN2. The normalized spacial score (nSPS) is 15.6. The molecule has 65 heavy (non-hydrogen) atoms. The highest BCUT2D eigenvalue weighted by Gasteiger charge is 2.57. The van der Waals surface area contributed by atoms with E-state index in [4.69, 9.17) is 0 Å². The van der Waals surface area contributed by atoms with E-state index in [1.165, 1.54) is 149 Å². The fraction of sp³-hybridized carbons (Fsp3) is 0.0323. The van der Waals surface area contributed by atoms with Crippen LogP contribution in [0.4, 0.5) is 0 Å². The van der Waals surface area contributed by atoms with Gasteiger partial charge in [-0.15, -0.1) is 0 Å². The number of rotatable bonds is 0. The van der Waals surface area contributed by atoms with E-state index in [9.17, 15) is 0 Å². The molecule has 0 atom stereocenters. The second-order valence-electron chi connectivity index (χ2n) is 19.3. The number of nitrogens with zero attached hydrogens (tertiary/aromatic N) is 2. The van der Waals surface area contributed by atoms with Gasteiger partial charge in [-0.3, -0.25) is 0 Å². The summed E-state index contributed by atoms with van der Waals surface area (Å²) >= 11 is 0. The first-order chi connectivity index (χ1) is 32.3. The molecule has 10 aromatic carbocycles. The molecule has 294 valence electrons. The SMILES string of the molecule is c1ccc2c(c1)-c1ccccc1C21c2ccccc2-c2cc3c4c(c21)c1ccccc1n4-c1ccc2c4c1B3c1cccc3c5cccc(c5n-4c13)C21c2ccccc2-c2ccccc21. The lowest BCUT2D eigenvalue weighted by molar-refractivity contribution is 0.749. The number of hydrogen-bond acceptors (Lipinski definition) is 0. The van der Waals surface area contributed by atoms with Crippen LogP contribution in [-0.2, 0) is 10.8 Å². The zero-order chi connectivity index (χ0) is 41.7. The maximum atomic E-state index is 2.72. The number of hydrogen-bond donors (Lipinski definition) is 0. The molecule has 6 aliphatic rings. The van der Waals surface area contributed by atoms with Gasteiger partial charge in [0.1, 0.15) is 0 Å². The molecule has 5 heterocycles. The molecule has 0 radical (unpaired) electrons. The van der Waals surface area contributed by atoms with Crippen LogP contribution >= 0.6 is 0 Å². The van der Waals surface area contributed by atoms with Gasteiger partial charge in [-0.05, 0) is 106 Å². The van der Waals surface area contributed by atoms with E-state index in [-0.39, 0.29) is 6.71 Å². The average Bonchev–Trinajstić information content (AvgIpc) is 4.14. The summed E-state index contributed by atoms with van der Waals surface area (Å²) in [6.45, 7) is 0.0161. The fourth-order valence-electron chi connectivity index (χ4n) is 15.2. The first kappa shape index (κ1) is 32.5. The van der Waals surface area contributed by atoms with Crippen molar-refractivity contribution in [2.75, 3.05) is 0 Å². The Balaban J connectivity index is 1.07. The second kappa shape index (κ2) is 10.4. The van der Waals surface area contributed by atoms with Crippen LogP contribution in [0.2, 0.25) is 0 Å². The number of para-hydroxylation sites is 3. The molecule has 3 aliphatic carbocycles. The molecule has 0 unspecified atom stereocenters. The van der Waals surface area contributed by atoms with Crippen LogP contribution in [0, 0.1) is 0 Å². The monoisotopic (exact) mass is 816 g/mol. The van der Waals surface area contributed by atoms with E-state index in [1.807, 2.05) is 0 Å². The van der Waals surface area contributed by atoms with E-state index < -0.39 is 10.8 Å². The van der Waals surface area contributed by atoms with E-state index in [0.717, 1.165) is 0 Å². The predicted octanol–water partition coefficient (Wildman–Crippen LogP) is 12.0. The predicted molar refractivity (Wildman–Crippen MR) is 267 cm³/mol. The van der Waals surface area contributed by atoms with Crippen molar-refractivity contribution in [3.63, 3.8) is 0 Å². The number of fused-ring (bicyclic) bond motifs is 25. The minimum atomic E-state index is -0.482. The summed E-state index contributed by atoms with van der Waals surface area (Å²) in [6, 6.07) is 77.6. The van der Waals surface area contributed by atoms with Gasteiger partial charge in [-0.1, -0.05) is 188 Å². The van der Waals surface area contributed by atoms with Crippen molar-refractivity contribution in [3.05, 3.63) is 245 Å². The van der Waals surface area contributed by atoms with Crippen molar-refractivity contribution in [2.45, 2.75) is 10.8 Å². The summed E-state index contributed by atoms with van der Waals surface area (Å²) in [7, 11) is 0. The molecular weight excluding hydrogens is 784 g/mol. The molecule has 2 spiro atoms. The lowest BCUT2D eigenvalue weighted by Crippen LogP contribution is -2.60. The zero-order valence-electron chi connectivity index (χ0n) is 35.0. The average molecular weight is 817 g/mol. The number of benzene rings is 10. The van der Waals surface area contributed by atoms with Crippen molar-refractivity contribution in [1.29, 1.82) is 0 Å². The third-order valence-electron chi connectivity index (χ3n) is 17.1. The first-order valence-corrected chi connectivity index (χ1v) is 23.1. The Morgan fingerprint density at radius 2 is 0.846 bits per heavy atom. The van der Waals surface area contributed by atoms with Gasteiger partial charge in [0.25, 0.3) is 6.71 Å². The van der Waals surface area contributed by atoms with Crippen molar-refractivity contribution in [3.8, 4) is 44.8 Å². The molecule has 18 rings (SSSR count). The summed E-state index contributed by atoms with van der Waals surface area (Å²) in [6.07, 6.45) is 0. The largest absolute Gasteiger partial charge is 0.310 e.